The molecule has 1 heterocycles. The molecule has 1 aliphatic carbocycles. The Bertz CT molecular complexity index is 1100. The topological polar surface area (TPSA) is 73.2 Å². The number of methoxy groups -OCH3 is 1. The Kier molecular flexibility index (Phi) is 5.59. The van der Waals surface area contributed by atoms with Crippen molar-refractivity contribution in [3.05, 3.63) is 81.6 Å². The maximum Gasteiger partial charge on any atom is 0.337 e. The van der Waals surface area contributed by atoms with E-state index in [9.17, 15) is 9.59 Å². The van der Waals surface area contributed by atoms with Gasteiger partial charge in [0.2, 0.25) is 0 Å². The SMILES string of the molecule is COC(=O)c1ccc(CNC(=O)c2cnn(-c3ccc(C)c(Cl)c3)c2C2CC2)cc1. The lowest BCUT2D eigenvalue weighted by Gasteiger charge is -2.11. The van der Waals surface area contributed by atoms with Crippen LogP contribution in [0.15, 0.2) is 48.7 Å². The van der Waals surface area contributed by atoms with Crippen molar-refractivity contribution in [2.24, 2.45) is 0 Å². The van der Waals surface area contributed by atoms with Gasteiger partial charge in [0.25, 0.3) is 5.91 Å². The third-order valence-corrected chi connectivity index (χ3v) is 5.65. The molecule has 2 aromatic carbocycles. The number of amides is 1. The molecule has 7 heteroatoms. The quantitative estimate of drug-likeness (QED) is 0.595. The molecule has 3 aromatic rings. The Morgan fingerprint density at radius 1 is 1.20 bits per heavy atom. The van der Waals surface area contributed by atoms with Crippen LogP contribution in [0.25, 0.3) is 5.69 Å². The Hall–Kier alpha value is -3.12. The summed E-state index contributed by atoms with van der Waals surface area (Å²) in [6, 6.07) is 12.8. The van der Waals surface area contributed by atoms with Gasteiger partial charge in [0.05, 0.1) is 35.8 Å². The van der Waals surface area contributed by atoms with Crippen LogP contribution in [-0.4, -0.2) is 28.8 Å². The third kappa shape index (κ3) is 4.09. The summed E-state index contributed by atoms with van der Waals surface area (Å²) in [6.45, 7) is 2.31. The minimum Gasteiger partial charge on any atom is -0.465 e. The number of rotatable bonds is 6. The first-order valence-electron chi connectivity index (χ1n) is 9.78. The van der Waals surface area contributed by atoms with E-state index in [1.165, 1.54) is 7.11 Å². The summed E-state index contributed by atoms with van der Waals surface area (Å²) in [7, 11) is 1.35. The average Bonchev–Trinajstić information content (AvgIpc) is 3.51. The lowest BCUT2D eigenvalue weighted by Crippen LogP contribution is -2.23. The van der Waals surface area contributed by atoms with Gasteiger partial charge in [-0.05, 0) is 55.2 Å². The van der Waals surface area contributed by atoms with Crippen molar-refractivity contribution in [2.75, 3.05) is 7.11 Å². The number of halogens is 1. The largest absolute Gasteiger partial charge is 0.465 e. The minimum atomic E-state index is -0.386. The first kappa shape index (κ1) is 20.2. The summed E-state index contributed by atoms with van der Waals surface area (Å²) in [5, 5.41) is 8.10. The van der Waals surface area contributed by atoms with Crippen molar-refractivity contribution in [1.29, 1.82) is 0 Å². The molecule has 4 rings (SSSR count). The first-order valence-corrected chi connectivity index (χ1v) is 10.2. The van der Waals surface area contributed by atoms with E-state index in [-0.39, 0.29) is 11.9 Å². The number of nitrogens with one attached hydrogen (secondary N) is 1. The molecule has 6 nitrogen and oxygen atoms in total. The van der Waals surface area contributed by atoms with E-state index >= 15 is 0 Å². The van der Waals surface area contributed by atoms with Crippen LogP contribution in [0.5, 0.6) is 0 Å². The van der Waals surface area contributed by atoms with Gasteiger partial charge in [-0.3, -0.25) is 4.79 Å². The van der Waals surface area contributed by atoms with Crippen molar-refractivity contribution < 1.29 is 14.3 Å². The molecule has 1 saturated carbocycles. The number of esters is 1. The number of hydrogen-bond donors (Lipinski definition) is 1. The average molecular weight is 424 g/mol. The highest BCUT2D eigenvalue weighted by atomic mass is 35.5. The fourth-order valence-corrected chi connectivity index (χ4v) is 3.53. The molecule has 0 bridgehead atoms. The predicted molar refractivity (Wildman–Crippen MR) is 114 cm³/mol. The van der Waals surface area contributed by atoms with Crippen LogP contribution in [0.2, 0.25) is 5.02 Å². The van der Waals surface area contributed by atoms with Crippen molar-refractivity contribution in [3.63, 3.8) is 0 Å². The number of ether oxygens (including phenoxy) is 1. The molecule has 0 radical (unpaired) electrons. The Balaban J connectivity index is 1.52. The summed E-state index contributed by atoms with van der Waals surface area (Å²) < 4.78 is 6.52. The van der Waals surface area contributed by atoms with Crippen molar-refractivity contribution in [2.45, 2.75) is 32.2 Å². The van der Waals surface area contributed by atoms with Gasteiger partial charge in [-0.25, -0.2) is 9.48 Å². The van der Waals surface area contributed by atoms with Crippen LogP contribution in [0, 0.1) is 6.92 Å². The fourth-order valence-electron chi connectivity index (χ4n) is 3.36. The van der Waals surface area contributed by atoms with Gasteiger partial charge in [-0.2, -0.15) is 5.10 Å². The Labute approximate surface area is 179 Å². The Morgan fingerprint density at radius 3 is 2.57 bits per heavy atom. The number of carbonyl (C=O) groups excluding carboxylic acids is 2. The van der Waals surface area contributed by atoms with Gasteiger partial charge in [0.15, 0.2) is 0 Å². The second kappa shape index (κ2) is 8.32. The maximum absolute atomic E-state index is 12.9. The highest BCUT2D eigenvalue weighted by Gasteiger charge is 2.33. The first-order chi connectivity index (χ1) is 14.5. The molecule has 1 amide bonds. The van der Waals surface area contributed by atoms with E-state index in [1.807, 2.05) is 29.8 Å². The number of hydrogen-bond acceptors (Lipinski definition) is 4. The fraction of sp³-hybridized carbons (Fsp3) is 0.261. The van der Waals surface area contributed by atoms with E-state index in [4.69, 9.17) is 16.3 Å². The van der Waals surface area contributed by atoms with E-state index < -0.39 is 0 Å². The van der Waals surface area contributed by atoms with Gasteiger partial charge in [-0.15, -0.1) is 0 Å². The van der Waals surface area contributed by atoms with Gasteiger partial charge in [0.1, 0.15) is 0 Å². The molecule has 0 unspecified atom stereocenters. The van der Waals surface area contributed by atoms with Crippen molar-refractivity contribution >= 4 is 23.5 Å². The van der Waals surface area contributed by atoms with Crippen LogP contribution in [0.3, 0.4) is 0 Å². The lowest BCUT2D eigenvalue weighted by molar-refractivity contribution is 0.0600. The number of carbonyl (C=O) groups is 2. The molecule has 0 atom stereocenters. The highest BCUT2D eigenvalue weighted by molar-refractivity contribution is 6.31. The monoisotopic (exact) mass is 423 g/mol. The molecule has 0 saturated heterocycles. The molecule has 30 heavy (non-hydrogen) atoms. The van der Waals surface area contributed by atoms with E-state index in [0.717, 1.165) is 35.3 Å². The molecule has 1 fully saturated rings. The van der Waals surface area contributed by atoms with Crippen molar-refractivity contribution in [1.82, 2.24) is 15.1 Å². The van der Waals surface area contributed by atoms with Crippen LogP contribution < -0.4 is 5.32 Å². The number of benzene rings is 2. The Morgan fingerprint density at radius 2 is 1.93 bits per heavy atom. The van der Waals surface area contributed by atoms with Crippen LogP contribution >= 0.6 is 11.6 Å². The smallest absolute Gasteiger partial charge is 0.337 e. The van der Waals surface area contributed by atoms with Gasteiger partial charge >= 0.3 is 5.97 Å². The molecular formula is C23H22ClN3O3. The second-order valence-electron chi connectivity index (χ2n) is 7.43. The van der Waals surface area contributed by atoms with Crippen LogP contribution in [0.1, 0.15) is 56.3 Å². The second-order valence-corrected chi connectivity index (χ2v) is 7.84. The summed E-state index contributed by atoms with van der Waals surface area (Å²) in [6.07, 6.45) is 3.71. The number of aromatic nitrogens is 2. The zero-order valence-electron chi connectivity index (χ0n) is 16.8. The third-order valence-electron chi connectivity index (χ3n) is 5.24. The molecular weight excluding hydrogens is 402 g/mol. The van der Waals surface area contributed by atoms with Gasteiger partial charge in [-0.1, -0.05) is 29.8 Å². The van der Waals surface area contributed by atoms with E-state index in [0.29, 0.717) is 28.6 Å². The summed E-state index contributed by atoms with van der Waals surface area (Å²) in [5.41, 5.74) is 4.72. The van der Waals surface area contributed by atoms with Crippen LogP contribution in [-0.2, 0) is 11.3 Å². The predicted octanol–water partition coefficient (Wildman–Crippen LogP) is 4.43. The summed E-state index contributed by atoms with van der Waals surface area (Å²) in [4.78, 5) is 24.4. The van der Waals surface area contributed by atoms with E-state index in [1.54, 1.807) is 30.5 Å². The molecule has 0 aliphatic heterocycles. The number of aryl methyl sites for hydroxylation is 1. The highest BCUT2D eigenvalue weighted by Crippen LogP contribution is 2.42. The minimum absolute atomic E-state index is 0.168. The zero-order valence-corrected chi connectivity index (χ0v) is 17.6. The lowest BCUT2D eigenvalue weighted by atomic mass is 10.1. The van der Waals surface area contributed by atoms with Gasteiger partial charge in [0, 0.05) is 17.5 Å². The van der Waals surface area contributed by atoms with Gasteiger partial charge < -0.3 is 10.1 Å². The standard InChI is InChI=1S/C23H22ClN3O3/c1-14-3-10-18(11-20(14)24)27-21(16-8-9-16)19(13-26-27)22(28)25-12-15-4-6-17(7-5-15)23(29)30-2/h3-7,10-11,13,16H,8-9,12H2,1-2H3,(H,25,28). The van der Waals surface area contributed by atoms with Crippen LogP contribution in [0.4, 0.5) is 0 Å². The molecule has 154 valence electrons. The normalized spacial score (nSPS) is 13.2. The molecule has 1 aromatic heterocycles. The molecule has 1 aliphatic rings. The maximum atomic E-state index is 12.9. The van der Waals surface area contributed by atoms with Crippen molar-refractivity contribution in [3.8, 4) is 5.69 Å². The zero-order chi connectivity index (χ0) is 21.3. The summed E-state index contributed by atoms with van der Waals surface area (Å²) >= 11 is 6.29. The molecule has 0 spiro atoms. The number of nitrogens with zero attached hydrogens (tertiary/aromatic N) is 2. The van der Waals surface area contributed by atoms with E-state index in [2.05, 4.69) is 10.4 Å². The summed E-state index contributed by atoms with van der Waals surface area (Å²) in [5.74, 6) is -0.227. The molecule has 1 N–H and O–H groups in total.